The molecule has 0 bridgehead atoms. The molecule has 2 aromatic carbocycles. The summed E-state index contributed by atoms with van der Waals surface area (Å²) < 4.78 is 56.1. The first-order valence-electron chi connectivity index (χ1n) is 10.2. The molecule has 6 nitrogen and oxygen atoms in total. The van der Waals surface area contributed by atoms with Crippen LogP contribution >= 0.6 is 0 Å². The summed E-state index contributed by atoms with van der Waals surface area (Å²) in [6.07, 6.45) is -3.56. The van der Waals surface area contributed by atoms with Gasteiger partial charge in [-0.2, -0.15) is 13.2 Å². The van der Waals surface area contributed by atoms with Gasteiger partial charge in [-0.3, -0.25) is 4.90 Å². The Morgan fingerprint density at radius 2 is 2.00 bits per heavy atom. The minimum Gasteiger partial charge on any atom is -0.491 e. The number of oxazole rings is 1. The van der Waals surface area contributed by atoms with E-state index in [1.165, 1.54) is 6.07 Å². The Bertz CT molecular complexity index is 1080. The van der Waals surface area contributed by atoms with Crippen LogP contribution in [0, 0.1) is 0 Å². The number of likely N-dealkylation sites (tertiary alicyclic amines) is 1. The van der Waals surface area contributed by atoms with Crippen molar-refractivity contribution in [1.29, 1.82) is 0 Å². The number of nitrogens with zero attached hydrogens (tertiary/aromatic N) is 2. The van der Waals surface area contributed by atoms with Crippen LogP contribution in [0.2, 0.25) is 0 Å². The number of halogens is 3. The SMILES string of the molecule is COC1CCN(C2COc3ccccc3C2Nc2cccc3nc(C(F)(F)F)oc23)C1. The predicted octanol–water partition coefficient (Wildman–Crippen LogP) is 4.48. The molecule has 1 aromatic heterocycles. The third-order valence-electron chi connectivity index (χ3n) is 6.00. The highest BCUT2D eigenvalue weighted by atomic mass is 19.4. The van der Waals surface area contributed by atoms with Crippen LogP contribution in [-0.2, 0) is 10.9 Å². The van der Waals surface area contributed by atoms with E-state index in [9.17, 15) is 13.2 Å². The van der Waals surface area contributed by atoms with E-state index in [4.69, 9.17) is 13.9 Å². The second-order valence-corrected chi connectivity index (χ2v) is 7.85. The van der Waals surface area contributed by atoms with Gasteiger partial charge in [0.25, 0.3) is 0 Å². The third kappa shape index (κ3) is 3.72. The second kappa shape index (κ2) is 7.72. The van der Waals surface area contributed by atoms with E-state index < -0.39 is 12.1 Å². The minimum absolute atomic E-state index is 0.0182. The van der Waals surface area contributed by atoms with E-state index in [1.807, 2.05) is 24.3 Å². The van der Waals surface area contributed by atoms with Crippen LogP contribution in [-0.4, -0.2) is 48.8 Å². The van der Waals surface area contributed by atoms with Crippen molar-refractivity contribution in [2.45, 2.75) is 30.8 Å². The monoisotopic (exact) mass is 433 g/mol. The van der Waals surface area contributed by atoms with Crippen molar-refractivity contribution >= 4 is 16.8 Å². The van der Waals surface area contributed by atoms with Crippen LogP contribution in [0.25, 0.3) is 11.1 Å². The van der Waals surface area contributed by atoms with Crippen LogP contribution in [0.5, 0.6) is 5.75 Å². The number of para-hydroxylation sites is 2. The molecule has 0 amide bonds. The van der Waals surface area contributed by atoms with E-state index in [2.05, 4.69) is 15.2 Å². The molecule has 2 aliphatic heterocycles. The predicted molar refractivity (Wildman–Crippen MR) is 108 cm³/mol. The zero-order valence-corrected chi connectivity index (χ0v) is 16.9. The van der Waals surface area contributed by atoms with Gasteiger partial charge in [0.15, 0.2) is 5.58 Å². The van der Waals surface area contributed by atoms with Crippen molar-refractivity contribution in [3.8, 4) is 5.75 Å². The lowest BCUT2D eigenvalue weighted by molar-refractivity contribution is -0.156. The number of ether oxygens (including phenoxy) is 2. The fourth-order valence-electron chi connectivity index (χ4n) is 4.44. The highest BCUT2D eigenvalue weighted by Gasteiger charge is 2.40. The first-order chi connectivity index (χ1) is 14.9. The summed E-state index contributed by atoms with van der Waals surface area (Å²) in [5.74, 6) is -0.484. The molecule has 2 aliphatic rings. The van der Waals surface area contributed by atoms with E-state index in [0.29, 0.717) is 12.3 Å². The fourth-order valence-corrected chi connectivity index (χ4v) is 4.44. The van der Waals surface area contributed by atoms with Crippen molar-refractivity contribution in [3.63, 3.8) is 0 Å². The van der Waals surface area contributed by atoms with Gasteiger partial charge >= 0.3 is 12.1 Å². The second-order valence-electron chi connectivity index (χ2n) is 7.85. The zero-order valence-electron chi connectivity index (χ0n) is 16.9. The van der Waals surface area contributed by atoms with E-state index >= 15 is 0 Å². The Hall–Kier alpha value is -2.78. The minimum atomic E-state index is -4.64. The fraction of sp³-hybridized carbons (Fsp3) is 0.409. The zero-order chi connectivity index (χ0) is 21.6. The average Bonchev–Trinajstić information content (AvgIpc) is 3.41. The molecule has 3 atom stereocenters. The quantitative estimate of drug-likeness (QED) is 0.655. The summed E-state index contributed by atoms with van der Waals surface area (Å²) in [5.41, 5.74) is 1.67. The van der Waals surface area contributed by atoms with Crippen LogP contribution in [0.1, 0.15) is 23.9 Å². The molecule has 31 heavy (non-hydrogen) atoms. The number of hydrogen-bond acceptors (Lipinski definition) is 6. The number of aromatic nitrogens is 1. The largest absolute Gasteiger partial charge is 0.491 e. The first-order valence-corrected chi connectivity index (χ1v) is 10.2. The standard InChI is InChI=1S/C22H22F3N3O3/c1-29-13-9-10-28(11-13)17-12-30-18-8-3-2-5-14(18)19(17)26-15-6-4-7-16-20(15)31-21(27-16)22(23,24)25/h2-8,13,17,19,26H,9-12H2,1H3. The molecule has 164 valence electrons. The van der Waals surface area contributed by atoms with Gasteiger partial charge in [0.1, 0.15) is 17.9 Å². The molecule has 3 heterocycles. The number of rotatable bonds is 4. The van der Waals surface area contributed by atoms with E-state index in [1.54, 1.807) is 19.2 Å². The summed E-state index contributed by atoms with van der Waals surface area (Å²) in [6, 6.07) is 12.4. The summed E-state index contributed by atoms with van der Waals surface area (Å²) in [4.78, 5) is 5.93. The van der Waals surface area contributed by atoms with Crippen LogP contribution in [0.15, 0.2) is 46.9 Å². The molecule has 0 saturated carbocycles. The molecule has 1 fully saturated rings. The molecule has 1 saturated heterocycles. The molecular weight excluding hydrogens is 411 g/mol. The number of hydrogen-bond donors (Lipinski definition) is 1. The molecule has 3 aromatic rings. The average molecular weight is 433 g/mol. The number of alkyl halides is 3. The lowest BCUT2D eigenvalue weighted by Gasteiger charge is -2.39. The van der Waals surface area contributed by atoms with Gasteiger partial charge in [-0.15, -0.1) is 0 Å². The number of nitrogens with one attached hydrogen (secondary N) is 1. The number of anilines is 1. The summed E-state index contributed by atoms with van der Waals surface area (Å²) in [5, 5.41) is 3.44. The smallest absolute Gasteiger partial charge is 0.468 e. The Morgan fingerprint density at radius 3 is 2.77 bits per heavy atom. The van der Waals surface area contributed by atoms with E-state index in [0.717, 1.165) is 30.8 Å². The Morgan fingerprint density at radius 1 is 1.16 bits per heavy atom. The first kappa shape index (κ1) is 20.1. The summed E-state index contributed by atoms with van der Waals surface area (Å²) in [6.45, 7) is 2.10. The van der Waals surface area contributed by atoms with Crippen LogP contribution in [0.4, 0.5) is 18.9 Å². The molecule has 1 N–H and O–H groups in total. The van der Waals surface area contributed by atoms with Crippen molar-refractivity contribution < 1.29 is 27.1 Å². The summed E-state index contributed by atoms with van der Waals surface area (Å²) in [7, 11) is 1.71. The topological polar surface area (TPSA) is 59.8 Å². The van der Waals surface area contributed by atoms with Crippen molar-refractivity contribution in [2.24, 2.45) is 0 Å². The lowest BCUT2D eigenvalue weighted by Crippen LogP contribution is -2.47. The molecule has 0 aliphatic carbocycles. The van der Waals surface area contributed by atoms with Gasteiger partial charge in [-0.05, 0) is 24.6 Å². The number of fused-ring (bicyclic) bond motifs is 2. The maximum atomic E-state index is 13.1. The Balaban J connectivity index is 1.52. The van der Waals surface area contributed by atoms with Gasteiger partial charge in [0.2, 0.25) is 0 Å². The van der Waals surface area contributed by atoms with Gasteiger partial charge in [0.05, 0.1) is 23.9 Å². The molecule has 9 heteroatoms. The Labute approximate surface area is 176 Å². The lowest BCUT2D eigenvalue weighted by atomic mass is 9.94. The molecule has 0 spiro atoms. The van der Waals surface area contributed by atoms with E-state index in [-0.39, 0.29) is 29.3 Å². The molecule has 3 unspecified atom stereocenters. The summed E-state index contributed by atoms with van der Waals surface area (Å²) >= 11 is 0. The maximum absolute atomic E-state index is 13.1. The maximum Gasteiger partial charge on any atom is 0.468 e. The van der Waals surface area contributed by atoms with Crippen molar-refractivity contribution in [1.82, 2.24) is 9.88 Å². The normalized spacial score (nSPS) is 24.2. The van der Waals surface area contributed by atoms with Crippen LogP contribution < -0.4 is 10.1 Å². The van der Waals surface area contributed by atoms with Gasteiger partial charge in [-0.25, -0.2) is 4.98 Å². The van der Waals surface area contributed by atoms with Crippen LogP contribution in [0.3, 0.4) is 0 Å². The molecule has 5 rings (SSSR count). The van der Waals surface area contributed by atoms with Crippen molar-refractivity contribution in [2.75, 3.05) is 32.1 Å². The number of methoxy groups -OCH3 is 1. The highest BCUT2D eigenvalue weighted by molar-refractivity contribution is 5.86. The van der Waals surface area contributed by atoms with Crippen molar-refractivity contribution in [3.05, 3.63) is 53.9 Å². The van der Waals surface area contributed by atoms with Gasteiger partial charge < -0.3 is 19.2 Å². The van der Waals surface area contributed by atoms with Gasteiger partial charge in [0, 0.05) is 25.8 Å². The molecule has 0 radical (unpaired) electrons. The third-order valence-corrected chi connectivity index (χ3v) is 6.00. The molecular formula is C22H22F3N3O3. The highest BCUT2D eigenvalue weighted by Crippen LogP contribution is 2.40. The van der Waals surface area contributed by atoms with Gasteiger partial charge in [-0.1, -0.05) is 24.3 Å². The Kier molecular flexibility index (Phi) is 5.02. The number of benzene rings is 2.